The number of aliphatic hydroxyl groups is 1. The zero-order valence-corrected chi connectivity index (χ0v) is 11.6. The molecule has 2 rings (SSSR count). The van der Waals surface area contributed by atoms with Crippen LogP contribution in [0.25, 0.3) is 0 Å². The van der Waals surface area contributed by atoms with Gasteiger partial charge in [0.2, 0.25) is 0 Å². The second-order valence-electron chi connectivity index (χ2n) is 5.30. The van der Waals surface area contributed by atoms with Crippen molar-refractivity contribution >= 4 is 5.91 Å². The summed E-state index contributed by atoms with van der Waals surface area (Å²) in [5, 5.41) is 12.4. The van der Waals surface area contributed by atoms with Crippen molar-refractivity contribution in [1.29, 1.82) is 0 Å². The number of hydrogen-bond acceptors (Lipinski definition) is 3. The van der Waals surface area contributed by atoms with Crippen molar-refractivity contribution in [3.63, 3.8) is 0 Å². The van der Waals surface area contributed by atoms with Crippen molar-refractivity contribution < 1.29 is 19.0 Å². The van der Waals surface area contributed by atoms with Crippen LogP contribution < -0.4 is 10.1 Å². The lowest BCUT2D eigenvalue weighted by molar-refractivity contribution is 0.0758. The van der Waals surface area contributed by atoms with Gasteiger partial charge in [0.05, 0.1) is 19.3 Å². The average molecular weight is 281 g/mol. The topological polar surface area (TPSA) is 58.6 Å². The van der Waals surface area contributed by atoms with E-state index in [-0.39, 0.29) is 23.8 Å². The van der Waals surface area contributed by atoms with Crippen molar-refractivity contribution in [3.05, 3.63) is 29.6 Å². The summed E-state index contributed by atoms with van der Waals surface area (Å²) in [7, 11) is 1.38. The average Bonchev–Trinajstić information content (AvgIpc) is 2.48. The number of carbonyl (C=O) groups is 1. The van der Waals surface area contributed by atoms with E-state index in [1.807, 2.05) is 0 Å². The highest BCUT2D eigenvalue weighted by Crippen LogP contribution is 2.28. The molecule has 110 valence electrons. The molecule has 0 saturated heterocycles. The van der Waals surface area contributed by atoms with E-state index in [1.165, 1.54) is 19.2 Å². The van der Waals surface area contributed by atoms with Crippen LogP contribution in [-0.4, -0.2) is 30.3 Å². The Balaban J connectivity index is 2.12. The lowest BCUT2D eigenvalue weighted by Gasteiger charge is -2.36. The fourth-order valence-corrected chi connectivity index (χ4v) is 2.67. The molecule has 1 aliphatic rings. The zero-order valence-electron chi connectivity index (χ0n) is 11.6. The van der Waals surface area contributed by atoms with Crippen molar-refractivity contribution in [2.45, 2.75) is 37.6 Å². The summed E-state index contributed by atoms with van der Waals surface area (Å²) in [6.45, 7) is -0.0859. The molecule has 0 aromatic heterocycles. The van der Waals surface area contributed by atoms with E-state index < -0.39 is 11.4 Å². The van der Waals surface area contributed by atoms with Gasteiger partial charge >= 0.3 is 0 Å². The number of halogens is 1. The highest BCUT2D eigenvalue weighted by Gasteiger charge is 2.33. The number of amides is 1. The van der Waals surface area contributed by atoms with Crippen LogP contribution in [0.4, 0.5) is 4.39 Å². The first-order chi connectivity index (χ1) is 9.60. The van der Waals surface area contributed by atoms with Gasteiger partial charge in [-0.05, 0) is 31.0 Å². The van der Waals surface area contributed by atoms with Crippen LogP contribution in [-0.2, 0) is 0 Å². The summed E-state index contributed by atoms with van der Waals surface area (Å²) in [4.78, 5) is 12.2. The lowest BCUT2D eigenvalue weighted by atomic mass is 9.82. The van der Waals surface area contributed by atoms with E-state index in [0.717, 1.165) is 38.2 Å². The van der Waals surface area contributed by atoms with E-state index in [1.54, 1.807) is 0 Å². The predicted octanol–water partition coefficient (Wildman–Crippen LogP) is 2.26. The molecule has 0 radical (unpaired) electrons. The van der Waals surface area contributed by atoms with Gasteiger partial charge in [0, 0.05) is 5.56 Å². The maximum absolute atomic E-state index is 13.6. The molecule has 20 heavy (non-hydrogen) atoms. The quantitative estimate of drug-likeness (QED) is 0.890. The van der Waals surface area contributed by atoms with Crippen LogP contribution in [0.2, 0.25) is 0 Å². The molecule has 1 saturated carbocycles. The van der Waals surface area contributed by atoms with E-state index in [2.05, 4.69) is 5.32 Å². The van der Waals surface area contributed by atoms with E-state index >= 15 is 0 Å². The first-order valence-corrected chi connectivity index (χ1v) is 6.87. The van der Waals surface area contributed by atoms with Crippen molar-refractivity contribution in [2.75, 3.05) is 13.7 Å². The van der Waals surface area contributed by atoms with E-state index in [4.69, 9.17) is 4.74 Å². The van der Waals surface area contributed by atoms with Gasteiger partial charge in [-0.2, -0.15) is 0 Å². The number of ether oxygens (including phenoxy) is 1. The molecule has 4 nitrogen and oxygen atoms in total. The van der Waals surface area contributed by atoms with Crippen molar-refractivity contribution in [2.24, 2.45) is 0 Å². The van der Waals surface area contributed by atoms with Crippen LogP contribution in [0.5, 0.6) is 5.75 Å². The lowest BCUT2D eigenvalue weighted by Crippen LogP contribution is -2.52. The van der Waals surface area contributed by atoms with Gasteiger partial charge in [-0.15, -0.1) is 0 Å². The largest absolute Gasteiger partial charge is 0.494 e. The Hall–Kier alpha value is -1.62. The molecule has 1 fully saturated rings. The molecule has 0 heterocycles. The maximum Gasteiger partial charge on any atom is 0.251 e. The number of benzene rings is 1. The molecular weight excluding hydrogens is 261 g/mol. The third-order valence-corrected chi connectivity index (χ3v) is 3.91. The monoisotopic (exact) mass is 281 g/mol. The van der Waals surface area contributed by atoms with Crippen LogP contribution in [0.15, 0.2) is 18.2 Å². The number of rotatable bonds is 4. The number of methoxy groups -OCH3 is 1. The first-order valence-electron chi connectivity index (χ1n) is 6.87. The number of aliphatic hydroxyl groups excluding tert-OH is 1. The van der Waals surface area contributed by atoms with Crippen LogP contribution in [0.3, 0.4) is 0 Å². The Morgan fingerprint density at radius 1 is 1.40 bits per heavy atom. The van der Waals surface area contributed by atoms with E-state index in [0.29, 0.717) is 0 Å². The van der Waals surface area contributed by atoms with Gasteiger partial charge in [0.1, 0.15) is 0 Å². The maximum atomic E-state index is 13.6. The summed E-state index contributed by atoms with van der Waals surface area (Å²) in [5.74, 6) is -0.819. The minimum absolute atomic E-state index is 0.0859. The van der Waals surface area contributed by atoms with Crippen molar-refractivity contribution in [3.8, 4) is 5.75 Å². The van der Waals surface area contributed by atoms with Crippen LogP contribution in [0, 0.1) is 5.82 Å². The first kappa shape index (κ1) is 14.8. The van der Waals surface area contributed by atoms with Crippen molar-refractivity contribution in [1.82, 2.24) is 5.32 Å². The summed E-state index contributed by atoms with van der Waals surface area (Å²) in [6, 6.07) is 4.10. The smallest absolute Gasteiger partial charge is 0.251 e. The molecule has 1 aromatic carbocycles. The van der Waals surface area contributed by atoms with Gasteiger partial charge in [-0.3, -0.25) is 4.79 Å². The second-order valence-corrected chi connectivity index (χ2v) is 5.30. The second kappa shape index (κ2) is 6.22. The normalized spacial score (nSPS) is 17.6. The molecule has 0 aliphatic heterocycles. The third kappa shape index (κ3) is 3.10. The molecule has 1 amide bonds. The molecule has 5 heteroatoms. The van der Waals surface area contributed by atoms with Gasteiger partial charge in [-0.1, -0.05) is 19.3 Å². The summed E-state index contributed by atoms with van der Waals surface area (Å²) in [5.41, 5.74) is -0.326. The Bertz CT molecular complexity index is 484. The molecule has 0 atom stereocenters. The van der Waals surface area contributed by atoms with Crippen LogP contribution >= 0.6 is 0 Å². The highest BCUT2D eigenvalue weighted by atomic mass is 19.1. The van der Waals surface area contributed by atoms with Gasteiger partial charge in [0.15, 0.2) is 11.6 Å². The number of carbonyl (C=O) groups excluding carboxylic acids is 1. The Labute approximate surface area is 117 Å². The third-order valence-electron chi connectivity index (χ3n) is 3.91. The molecular formula is C15H20FNO3. The standard InChI is InChI=1S/C15H20FNO3/c1-20-13-6-5-11(9-12(13)16)14(19)17-15(10-18)7-3-2-4-8-15/h5-6,9,18H,2-4,7-8,10H2,1H3,(H,17,19). The SMILES string of the molecule is COc1ccc(C(=O)NC2(CO)CCCCC2)cc1F. The molecule has 2 N–H and O–H groups in total. The van der Waals surface area contributed by atoms with E-state index in [9.17, 15) is 14.3 Å². The minimum Gasteiger partial charge on any atom is -0.494 e. The van der Waals surface area contributed by atoms with Crippen LogP contribution in [0.1, 0.15) is 42.5 Å². The Morgan fingerprint density at radius 3 is 2.65 bits per heavy atom. The summed E-state index contributed by atoms with van der Waals surface area (Å²) >= 11 is 0. The summed E-state index contributed by atoms with van der Waals surface area (Å²) in [6.07, 6.45) is 4.60. The molecule has 0 bridgehead atoms. The van der Waals surface area contributed by atoms with Gasteiger partial charge < -0.3 is 15.2 Å². The molecule has 1 aromatic rings. The predicted molar refractivity (Wildman–Crippen MR) is 73.3 cm³/mol. The Kier molecular flexibility index (Phi) is 4.60. The van der Waals surface area contributed by atoms with Gasteiger partial charge in [-0.25, -0.2) is 4.39 Å². The molecule has 0 unspecified atom stereocenters. The minimum atomic E-state index is -0.568. The number of hydrogen-bond donors (Lipinski definition) is 2. The highest BCUT2D eigenvalue weighted by molar-refractivity contribution is 5.94. The molecule has 1 aliphatic carbocycles. The fourth-order valence-electron chi connectivity index (χ4n) is 2.67. The molecule has 0 spiro atoms. The summed E-state index contributed by atoms with van der Waals surface area (Å²) < 4.78 is 18.4. The fraction of sp³-hybridized carbons (Fsp3) is 0.533. The zero-order chi connectivity index (χ0) is 14.6. The Morgan fingerprint density at radius 2 is 2.10 bits per heavy atom. The van der Waals surface area contributed by atoms with Gasteiger partial charge in [0.25, 0.3) is 5.91 Å². The number of nitrogens with one attached hydrogen (secondary N) is 1.